The summed E-state index contributed by atoms with van der Waals surface area (Å²) in [7, 11) is 0. The molecule has 33 nitrogen and oxygen atoms in total. The SMILES string of the molecule is CC(=O)NC1C(O)[C@H](O)[C@H](CO)O[C@H]1OC1[C@@H](OCC2O[C@@H](O[C@@H]3C(CO)O[C@@H](O[C@@H]4C(CO)O[C@@H](C)C(NC(C)=O)[C@H]4O)C(NC(C)=O)[C@H]3O)C(O)[C@@H](O[C@H]3O[C@H](CO)[C@@H](O)C(O)C3O)[C@@H]2O)OC(CO)[C@@H](O)[C@@H]1O. The second-order valence-corrected chi connectivity index (χ2v) is 19.3. The van der Waals surface area contributed by atoms with Crippen LogP contribution >= 0.6 is 0 Å². The van der Waals surface area contributed by atoms with Gasteiger partial charge in [0.05, 0.1) is 51.8 Å². The summed E-state index contributed by atoms with van der Waals surface area (Å²) in [6, 6.07) is -4.41. The number of amides is 3. The molecule has 6 aliphatic rings. The Kier molecular flexibility index (Phi) is 22.4. The average molecular weight is 1110 g/mol. The third kappa shape index (κ3) is 13.7. The zero-order valence-corrected chi connectivity index (χ0v) is 41.4. The highest BCUT2D eigenvalue weighted by atomic mass is 16.8. The molecule has 0 aromatic rings. The van der Waals surface area contributed by atoms with Crippen molar-refractivity contribution < 1.29 is 148 Å². The number of hydrogen-bond donors (Lipinski definition) is 19. The quantitative estimate of drug-likeness (QED) is 0.0571. The van der Waals surface area contributed by atoms with E-state index in [-0.39, 0.29) is 0 Å². The molecule has 12 unspecified atom stereocenters. The molecule has 440 valence electrons. The molecule has 0 aromatic carbocycles. The van der Waals surface area contributed by atoms with Gasteiger partial charge in [-0.3, -0.25) is 14.4 Å². The zero-order chi connectivity index (χ0) is 56.2. The Hall–Kier alpha value is -2.67. The first kappa shape index (κ1) is 62.5. The molecule has 0 bridgehead atoms. The van der Waals surface area contributed by atoms with Crippen LogP contribution < -0.4 is 16.0 Å². The lowest BCUT2D eigenvalue weighted by atomic mass is 9.92. The van der Waals surface area contributed by atoms with E-state index in [0.717, 1.165) is 13.8 Å². The molecule has 3 amide bonds. The molecule has 6 heterocycles. The van der Waals surface area contributed by atoms with Crippen LogP contribution in [0.25, 0.3) is 0 Å². The maximum atomic E-state index is 12.6. The van der Waals surface area contributed by atoms with Crippen molar-refractivity contribution in [3.8, 4) is 0 Å². The highest BCUT2D eigenvalue weighted by Gasteiger charge is 2.57. The van der Waals surface area contributed by atoms with Crippen LogP contribution in [0.4, 0.5) is 0 Å². The minimum Gasteiger partial charge on any atom is -0.394 e. The van der Waals surface area contributed by atoms with Gasteiger partial charge in [0, 0.05) is 20.8 Å². The van der Waals surface area contributed by atoms with Crippen LogP contribution in [-0.2, 0) is 66.5 Å². The van der Waals surface area contributed by atoms with Crippen LogP contribution in [0.15, 0.2) is 0 Å². The van der Waals surface area contributed by atoms with E-state index < -0.39 is 241 Å². The van der Waals surface area contributed by atoms with E-state index in [1.807, 2.05) is 0 Å². The number of aliphatic hydroxyl groups excluding tert-OH is 16. The van der Waals surface area contributed by atoms with Gasteiger partial charge in [-0.05, 0) is 6.92 Å². The van der Waals surface area contributed by atoms with Crippen molar-refractivity contribution in [2.24, 2.45) is 0 Å². The third-order valence-electron chi connectivity index (χ3n) is 13.9. The van der Waals surface area contributed by atoms with E-state index >= 15 is 0 Å². The van der Waals surface area contributed by atoms with Crippen LogP contribution in [0.3, 0.4) is 0 Å². The fourth-order valence-corrected chi connectivity index (χ4v) is 9.86. The molecule has 30 atom stereocenters. The van der Waals surface area contributed by atoms with E-state index in [1.165, 1.54) is 13.8 Å². The van der Waals surface area contributed by atoms with Gasteiger partial charge in [0.1, 0.15) is 140 Å². The Morgan fingerprint density at radius 2 is 0.724 bits per heavy atom. The summed E-state index contributed by atoms with van der Waals surface area (Å²) in [5.74, 6) is -2.12. The van der Waals surface area contributed by atoms with Crippen molar-refractivity contribution in [1.82, 2.24) is 16.0 Å². The number of carbonyl (C=O) groups excluding carboxylic acids is 3. The number of aliphatic hydroxyl groups is 16. The van der Waals surface area contributed by atoms with Gasteiger partial charge in [-0.25, -0.2) is 0 Å². The van der Waals surface area contributed by atoms with E-state index in [0.29, 0.717) is 0 Å². The second-order valence-electron chi connectivity index (χ2n) is 19.3. The summed E-state index contributed by atoms with van der Waals surface area (Å²) in [5, 5.41) is 181. The molecular formula is C43H73N3O30. The van der Waals surface area contributed by atoms with Gasteiger partial charge in [-0.2, -0.15) is 0 Å². The third-order valence-corrected chi connectivity index (χ3v) is 13.9. The number of carbonyl (C=O) groups is 3. The Bertz CT molecular complexity index is 1870. The van der Waals surface area contributed by atoms with Crippen LogP contribution in [0.1, 0.15) is 27.7 Å². The summed E-state index contributed by atoms with van der Waals surface area (Å²) < 4.78 is 64.4. The highest BCUT2D eigenvalue weighted by Crippen LogP contribution is 2.36. The van der Waals surface area contributed by atoms with Gasteiger partial charge in [0.25, 0.3) is 0 Å². The Morgan fingerprint density at radius 3 is 1.25 bits per heavy atom. The topological polar surface area (TPSA) is 513 Å². The summed E-state index contributed by atoms with van der Waals surface area (Å²) in [6.07, 6.45) is -49.5. The molecule has 19 N–H and O–H groups in total. The van der Waals surface area contributed by atoms with Gasteiger partial charge in [-0.1, -0.05) is 0 Å². The van der Waals surface area contributed by atoms with Crippen molar-refractivity contribution in [2.45, 2.75) is 212 Å². The molecule has 6 fully saturated rings. The van der Waals surface area contributed by atoms with Crippen LogP contribution in [0, 0.1) is 0 Å². The largest absolute Gasteiger partial charge is 0.394 e. The van der Waals surface area contributed by atoms with Crippen molar-refractivity contribution >= 4 is 17.7 Å². The molecule has 6 saturated heterocycles. The van der Waals surface area contributed by atoms with Gasteiger partial charge < -0.3 is 150 Å². The molecule has 0 saturated carbocycles. The maximum absolute atomic E-state index is 12.6. The lowest BCUT2D eigenvalue weighted by Gasteiger charge is -2.50. The minimum absolute atomic E-state index is 0.561. The zero-order valence-electron chi connectivity index (χ0n) is 41.4. The second kappa shape index (κ2) is 27.2. The average Bonchev–Trinajstić information content (AvgIpc) is 3.37. The molecule has 0 aromatic heterocycles. The molecule has 33 heteroatoms. The lowest BCUT2D eigenvalue weighted by molar-refractivity contribution is -0.386. The van der Waals surface area contributed by atoms with Crippen molar-refractivity contribution in [1.29, 1.82) is 0 Å². The maximum Gasteiger partial charge on any atom is 0.217 e. The monoisotopic (exact) mass is 1110 g/mol. The smallest absolute Gasteiger partial charge is 0.217 e. The molecule has 6 aliphatic heterocycles. The summed E-state index contributed by atoms with van der Waals surface area (Å²) >= 11 is 0. The first-order valence-corrected chi connectivity index (χ1v) is 24.4. The standard InChI is InChI=1S/C43H73N3O30/c1-11-21(44-12(2)52)29(60)35(18(8-50)67-11)73-40-23(46-14(4)54)30(61)36(19(9-51)71-40)74-42-34(65)37(75-41-33(64)31(62)25(56)16(6-48)69-41)27(58)20(72-42)10-66-43-38(32(63)26(57)17(7-49)70-43)76-39-22(45-13(3)53)28(59)24(55)15(5-47)68-39/h11,15-43,47-51,55-65H,5-10H2,1-4H3,(H,44,52)(H,45,53)(H,46,54)/t11-,15-,16+,17?,18?,19?,20?,21?,22?,23?,24+,25+,26+,27+,28?,29+,30+,31?,32-,33?,34?,35+,36+,37-,38?,39-,40-,41+,42-,43-/m0/s1. The summed E-state index contributed by atoms with van der Waals surface area (Å²) in [4.78, 5) is 36.8. The highest BCUT2D eigenvalue weighted by molar-refractivity contribution is 5.74. The minimum atomic E-state index is -2.26. The van der Waals surface area contributed by atoms with Crippen molar-refractivity contribution in [3.63, 3.8) is 0 Å². The molecule has 0 aliphatic carbocycles. The van der Waals surface area contributed by atoms with Crippen molar-refractivity contribution in [3.05, 3.63) is 0 Å². The first-order valence-electron chi connectivity index (χ1n) is 24.4. The van der Waals surface area contributed by atoms with Crippen LogP contribution in [0.2, 0.25) is 0 Å². The van der Waals surface area contributed by atoms with E-state index in [9.17, 15) is 96.1 Å². The predicted molar refractivity (Wildman–Crippen MR) is 237 cm³/mol. The molecule has 6 rings (SSSR count). The van der Waals surface area contributed by atoms with Crippen molar-refractivity contribution in [2.75, 3.05) is 39.6 Å². The Balaban J connectivity index is 1.30. The van der Waals surface area contributed by atoms with E-state index in [4.69, 9.17) is 52.1 Å². The predicted octanol–water partition coefficient (Wildman–Crippen LogP) is -12.6. The first-order chi connectivity index (χ1) is 35.9. The lowest BCUT2D eigenvalue weighted by Crippen LogP contribution is -2.70. The van der Waals surface area contributed by atoms with Crippen LogP contribution in [0.5, 0.6) is 0 Å². The van der Waals surface area contributed by atoms with Gasteiger partial charge in [0.2, 0.25) is 17.7 Å². The Labute approximate surface area is 432 Å². The number of rotatable bonds is 19. The summed E-state index contributed by atoms with van der Waals surface area (Å²) in [5.41, 5.74) is 0. The van der Waals surface area contributed by atoms with E-state index in [2.05, 4.69) is 16.0 Å². The fourth-order valence-electron chi connectivity index (χ4n) is 9.86. The molecular weight excluding hydrogens is 1040 g/mol. The number of ether oxygens (including phenoxy) is 11. The molecule has 0 spiro atoms. The normalized spacial score (nSPS) is 48.2. The number of hydrogen-bond acceptors (Lipinski definition) is 30. The van der Waals surface area contributed by atoms with Crippen LogP contribution in [-0.4, -0.2) is 323 Å². The molecule has 0 radical (unpaired) electrons. The van der Waals surface area contributed by atoms with Gasteiger partial charge >= 0.3 is 0 Å². The molecule has 76 heavy (non-hydrogen) atoms. The van der Waals surface area contributed by atoms with E-state index in [1.54, 1.807) is 0 Å². The fraction of sp³-hybridized carbons (Fsp3) is 0.930. The van der Waals surface area contributed by atoms with Gasteiger partial charge in [-0.15, -0.1) is 0 Å². The van der Waals surface area contributed by atoms with Gasteiger partial charge in [0.15, 0.2) is 31.5 Å². The number of nitrogens with one attached hydrogen (secondary N) is 3. The Morgan fingerprint density at radius 1 is 0.355 bits per heavy atom. The summed E-state index contributed by atoms with van der Waals surface area (Å²) in [6.45, 7) is -0.745.